The van der Waals surface area contributed by atoms with Gasteiger partial charge in [0.2, 0.25) is 11.8 Å². The molecular weight excluding hydrogens is 499 g/mol. The van der Waals surface area contributed by atoms with E-state index in [0.717, 1.165) is 5.56 Å². The maximum absolute atomic E-state index is 13.3. The lowest BCUT2D eigenvalue weighted by Crippen LogP contribution is -2.47. The highest BCUT2D eigenvalue weighted by Gasteiger charge is 2.31. The van der Waals surface area contributed by atoms with Gasteiger partial charge in [0.05, 0.1) is 25.5 Å². The Labute approximate surface area is 221 Å². The molecule has 1 aliphatic heterocycles. The maximum Gasteiger partial charge on any atom is 0.389 e. The van der Waals surface area contributed by atoms with Crippen molar-refractivity contribution in [1.82, 2.24) is 9.80 Å². The Balaban J connectivity index is 1.84. The number of amides is 2. The molecule has 38 heavy (non-hydrogen) atoms. The van der Waals surface area contributed by atoms with Crippen LogP contribution in [0.2, 0.25) is 0 Å². The van der Waals surface area contributed by atoms with Gasteiger partial charge < -0.3 is 20.1 Å². The number of aliphatic hydroxyl groups is 1. The summed E-state index contributed by atoms with van der Waals surface area (Å²) in [5.41, 5.74) is 1.96. The molecule has 0 aliphatic carbocycles. The van der Waals surface area contributed by atoms with Crippen LogP contribution in [0.5, 0.6) is 5.75 Å². The van der Waals surface area contributed by atoms with Crippen LogP contribution in [-0.2, 0) is 22.6 Å². The number of likely N-dealkylation sites (N-methyl/N-ethyl adjacent to an activating group) is 1. The van der Waals surface area contributed by atoms with Gasteiger partial charge in [-0.05, 0) is 37.7 Å². The molecule has 0 unspecified atom stereocenters. The van der Waals surface area contributed by atoms with Crippen LogP contribution in [0, 0.1) is 5.92 Å². The van der Waals surface area contributed by atoms with Gasteiger partial charge in [-0.1, -0.05) is 37.3 Å². The van der Waals surface area contributed by atoms with Gasteiger partial charge in [0.25, 0.3) is 0 Å². The summed E-state index contributed by atoms with van der Waals surface area (Å²) in [5, 5.41) is 12.3. The van der Waals surface area contributed by atoms with Gasteiger partial charge in [0, 0.05) is 43.2 Å². The standard InChI is InChI=1S/C28H36F3N3O4/c1-19-15-34(20(2)18-35)27(37)14-22-13-23(32-26(36)11-12-28(29,30)31)9-10-24(22)38-25(19)17-33(3)16-21-7-5-4-6-8-21/h4-10,13,19-20,25,35H,11-12,14-18H2,1-3H3,(H,32,36)/t19-,20+,25+/m0/s1. The number of rotatable bonds is 9. The largest absolute Gasteiger partial charge is 0.488 e. The number of fused-ring (bicyclic) bond motifs is 1. The van der Waals surface area contributed by atoms with Crippen molar-refractivity contribution in [3.8, 4) is 5.75 Å². The molecule has 0 aromatic heterocycles. The predicted octanol–water partition coefficient (Wildman–Crippen LogP) is 4.25. The summed E-state index contributed by atoms with van der Waals surface area (Å²) in [6.45, 7) is 5.25. The summed E-state index contributed by atoms with van der Waals surface area (Å²) >= 11 is 0. The quantitative estimate of drug-likeness (QED) is 0.502. The van der Waals surface area contributed by atoms with Crippen LogP contribution in [0.3, 0.4) is 0 Å². The van der Waals surface area contributed by atoms with E-state index in [9.17, 15) is 27.9 Å². The minimum atomic E-state index is -4.42. The first-order valence-corrected chi connectivity index (χ1v) is 12.7. The summed E-state index contributed by atoms with van der Waals surface area (Å²) in [6.07, 6.45) is -6.66. The van der Waals surface area contributed by atoms with Crippen LogP contribution in [0.25, 0.3) is 0 Å². The molecule has 7 nitrogen and oxygen atoms in total. The first-order chi connectivity index (χ1) is 17.9. The van der Waals surface area contributed by atoms with Crippen molar-refractivity contribution in [2.75, 3.05) is 32.1 Å². The molecule has 1 heterocycles. The Bertz CT molecular complexity index is 1080. The number of nitrogens with one attached hydrogen (secondary N) is 1. The molecule has 1 aliphatic rings. The smallest absolute Gasteiger partial charge is 0.389 e. The van der Waals surface area contributed by atoms with Crippen molar-refractivity contribution < 1.29 is 32.6 Å². The average molecular weight is 536 g/mol. The molecule has 208 valence electrons. The molecule has 10 heteroatoms. The van der Waals surface area contributed by atoms with Gasteiger partial charge in [-0.15, -0.1) is 0 Å². The molecule has 0 saturated carbocycles. The van der Waals surface area contributed by atoms with Crippen LogP contribution < -0.4 is 10.1 Å². The highest BCUT2D eigenvalue weighted by Crippen LogP contribution is 2.30. The number of benzene rings is 2. The number of aliphatic hydroxyl groups excluding tert-OH is 1. The van der Waals surface area contributed by atoms with Crippen molar-refractivity contribution in [1.29, 1.82) is 0 Å². The Morgan fingerprint density at radius 3 is 2.61 bits per heavy atom. The van der Waals surface area contributed by atoms with Crippen molar-refractivity contribution in [3.05, 3.63) is 59.7 Å². The number of anilines is 1. The van der Waals surface area contributed by atoms with E-state index in [0.29, 0.717) is 36.6 Å². The highest BCUT2D eigenvalue weighted by molar-refractivity contribution is 5.91. The normalized spacial score (nSPS) is 19.2. The molecule has 2 aromatic carbocycles. The second kappa shape index (κ2) is 13.1. The predicted molar refractivity (Wildman–Crippen MR) is 139 cm³/mol. The highest BCUT2D eigenvalue weighted by atomic mass is 19.4. The zero-order chi connectivity index (χ0) is 27.9. The second-order valence-corrected chi connectivity index (χ2v) is 10.1. The van der Waals surface area contributed by atoms with Crippen molar-refractivity contribution in [3.63, 3.8) is 0 Å². The van der Waals surface area contributed by atoms with Gasteiger partial charge >= 0.3 is 6.18 Å². The minimum absolute atomic E-state index is 0.0365. The maximum atomic E-state index is 13.3. The van der Waals surface area contributed by atoms with E-state index in [2.05, 4.69) is 10.2 Å². The van der Waals surface area contributed by atoms with Crippen LogP contribution >= 0.6 is 0 Å². The average Bonchev–Trinajstić information content (AvgIpc) is 2.90. The lowest BCUT2D eigenvalue weighted by atomic mass is 10.0. The van der Waals surface area contributed by atoms with Crippen LogP contribution in [0.4, 0.5) is 18.9 Å². The molecule has 2 N–H and O–H groups in total. The SMILES string of the molecule is C[C@H](CO)N1C[C@H](C)[C@@H](CN(C)Cc2ccccc2)Oc2ccc(NC(=O)CCC(F)(F)F)cc2CC1=O. The third-order valence-corrected chi connectivity index (χ3v) is 6.62. The van der Waals surface area contributed by atoms with Crippen LogP contribution in [0.15, 0.2) is 48.5 Å². The fourth-order valence-electron chi connectivity index (χ4n) is 4.47. The Hall–Kier alpha value is -3.11. The summed E-state index contributed by atoms with van der Waals surface area (Å²) in [7, 11) is 2.00. The Kier molecular flexibility index (Phi) is 10.2. The molecular formula is C28H36F3N3O4. The van der Waals surface area contributed by atoms with E-state index in [4.69, 9.17) is 4.74 Å². The molecule has 0 radical (unpaired) electrons. The van der Waals surface area contributed by atoms with E-state index in [1.54, 1.807) is 30.0 Å². The summed E-state index contributed by atoms with van der Waals surface area (Å²) in [6, 6.07) is 14.4. The lowest BCUT2D eigenvalue weighted by molar-refractivity contribution is -0.142. The number of nitrogens with zero attached hydrogens (tertiary/aromatic N) is 2. The lowest BCUT2D eigenvalue weighted by Gasteiger charge is -2.34. The minimum Gasteiger partial charge on any atom is -0.488 e. The Morgan fingerprint density at radius 1 is 1.24 bits per heavy atom. The number of carbonyl (C=O) groups is 2. The van der Waals surface area contributed by atoms with E-state index < -0.39 is 31.0 Å². The molecule has 0 fully saturated rings. The first kappa shape index (κ1) is 29.4. The fourth-order valence-corrected chi connectivity index (χ4v) is 4.47. The number of alkyl halides is 3. The van der Waals surface area contributed by atoms with E-state index in [1.807, 2.05) is 44.3 Å². The van der Waals surface area contributed by atoms with E-state index >= 15 is 0 Å². The van der Waals surface area contributed by atoms with Crippen LogP contribution in [-0.4, -0.2) is 71.8 Å². The van der Waals surface area contributed by atoms with E-state index in [-0.39, 0.29) is 31.0 Å². The van der Waals surface area contributed by atoms with Crippen molar-refractivity contribution >= 4 is 17.5 Å². The molecule has 0 bridgehead atoms. The molecule has 0 spiro atoms. The van der Waals surface area contributed by atoms with Crippen molar-refractivity contribution in [2.24, 2.45) is 5.92 Å². The molecule has 2 amide bonds. The zero-order valence-electron chi connectivity index (χ0n) is 22.0. The topological polar surface area (TPSA) is 82.1 Å². The van der Waals surface area contributed by atoms with E-state index in [1.165, 1.54) is 0 Å². The molecule has 3 rings (SSSR count). The first-order valence-electron chi connectivity index (χ1n) is 12.7. The molecule has 0 saturated heterocycles. The van der Waals surface area contributed by atoms with Gasteiger partial charge in [-0.25, -0.2) is 0 Å². The molecule has 2 aromatic rings. The number of ether oxygens (including phenoxy) is 1. The zero-order valence-corrected chi connectivity index (χ0v) is 22.0. The Morgan fingerprint density at radius 2 is 1.95 bits per heavy atom. The number of carbonyl (C=O) groups excluding carboxylic acids is 2. The third kappa shape index (κ3) is 8.73. The van der Waals surface area contributed by atoms with Gasteiger partial charge in [0.15, 0.2) is 0 Å². The van der Waals surface area contributed by atoms with Gasteiger partial charge in [-0.2, -0.15) is 13.2 Å². The summed E-state index contributed by atoms with van der Waals surface area (Å²) in [5.74, 6) is -0.557. The monoisotopic (exact) mass is 535 g/mol. The second-order valence-electron chi connectivity index (χ2n) is 10.1. The van der Waals surface area contributed by atoms with Crippen LogP contribution in [0.1, 0.15) is 37.8 Å². The number of halogens is 3. The summed E-state index contributed by atoms with van der Waals surface area (Å²) in [4.78, 5) is 29.1. The van der Waals surface area contributed by atoms with Gasteiger partial charge in [-0.3, -0.25) is 14.5 Å². The molecule has 3 atom stereocenters. The third-order valence-electron chi connectivity index (χ3n) is 6.62. The van der Waals surface area contributed by atoms with Crippen molar-refractivity contribution in [2.45, 2.75) is 58.0 Å². The number of hydrogen-bond acceptors (Lipinski definition) is 5. The van der Waals surface area contributed by atoms with Gasteiger partial charge in [0.1, 0.15) is 11.9 Å². The fraction of sp³-hybridized carbons (Fsp3) is 0.500. The summed E-state index contributed by atoms with van der Waals surface area (Å²) < 4.78 is 43.9. The number of hydrogen-bond donors (Lipinski definition) is 2.